The zero-order valence-corrected chi connectivity index (χ0v) is 14.9. The molecule has 2 N–H and O–H groups in total. The molecule has 136 valence electrons. The normalized spacial score (nSPS) is 11.3. The van der Waals surface area contributed by atoms with E-state index in [1.54, 1.807) is 31.2 Å². The van der Waals surface area contributed by atoms with E-state index in [1.165, 1.54) is 6.92 Å². The van der Waals surface area contributed by atoms with Gasteiger partial charge in [-0.05, 0) is 38.1 Å². The van der Waals surface area contributed by atoms with Gasteiger partial charge in [0, 0.05) is 23.6 Å². The molecule has 0 aliphatic heterocycles. The highest BCUT2D eigenvalue weighted by atomic mass is 35.5. The lowest BCUT2D eigenvalue weighted by molar-refractivity contribution is -0.148. The molecular weight excluding hydrogens is 348 g/mol. The summed E-state index contributed by atoms with van der Waals surface area (Å²) in [5.74, 6) is -1.79. The fourth-order valence-corrected chi connectivity index (χ4v) is 2.02. The zero-order valence-electron chi connectivity index (χ0n) is 14.1. The van der Waals surface area contributed by atoms with E-state index in [1.807, 2.05) is 0 Å². The zero-order chi connectivity index (χ0) is 18.8. The molecular formula is C17H21ClN2O5. The van der Waals surface area contributed by atoms with Crippen LogP contribution in [0.1, 0.15) is 37.0 Å². The van der Waals surface area contributed by atoms with Crippen LogP contribution in [0.2, 0.25) is 5.02 Å². The number of ether oxygens (including phenoxy) is 1. The third-order valence-electron chi connectivity index (χ3n) is 3.21. The Morgan fingerprint density at radius 2 is 1.76 bits per heavy atom. The first-order chi connectivity index (χ1) is 11.8. The molecule has 1 aromatic carbocycles. The van der Waals surface area contributed by atoms with Crippen LogP contribution in [0.4, 0.5) is 0 Å². The number of hydrogen-bond acceptors (Lipinski definition) is 5. The summed E-state index contributed by atoms with van der Waals surface area (Å²) in [5, 5.41) is 5.49. The molecule has 0 aliphatic rings. The molecule has 0 aliphatic carbocycles. The Bertz CT molecular complexity index is 630. The number of carbonyl (C=O) groups is 4. The number of hydrogen-bond donors (Lipinski definition) is 2. The van der Waals surface area contributed by atoms with Crippen molar-refractivity contribution in [3.63, 3.8) is 0 Å². The monoisotopic (exact) mass is 368 g/mol. The largest absolute Gasteiger partial charge is 0.456 e. The Kier molecular flexibility index (Phi) is 8.63. The Labute approximate surface area is 151 Å². The first-order valence-corrected chi connectivity index (χ1v) is 8.22. The average Bonchev–Trinajstić information content (AvgIpc) is 2.58. The number of benzene rings is 1. The van der Waals surface area contributed by atoms with Gasteiger partial charge in [0.05, 0.1) is 6.42 Å². The average molecular weight is 369 g/mol. The summed E-state index contributed by atoms with van der Waals surface area (Å²) in [6, 6.07) is 5.61. The maximum absolute atomic E-state index is 11.9. The molecule has 0 saturated carbocycles. The number of esters is 1. The van der Waals surface area contributed by atoms with E-state index < -0.39 is 24.5 Å². The fourth-order valence-electron chi connectivity index (χ4n) is 1.89. The molecule has 0 fully saturated rings. The Morgan fingerprint density at radius 1 is 1.12 bits per heavy atom. The Balaban J connectivity index is 2.30. The van der Waals surface area contributed by atoms with Crippen molar-refractivity contribution in [1.82, 2.24) is 10.6 Å². The van der Waals surface area contributed by atoms with E-state index in [-0.39, 0.29) is 24.5 Å². The maximum Gasteiger partial charge on any atom is 0.306 e. The summed E-state index contributed by atoms with van der Waals surface area (Å²) < 4.78 is 4.79. The minimum atomic E-state index is -0.724. The molecule has 0 bridgehead atoms. The van der Waals surface area contributed by atoms with Crippen LogP contribution in [0, 0.1) is 0 Å². The van der Waals surface area contributed by atoms with Gasteiger partial charge in [-0.2, -0.15) is 0 Å². The van der Waals surface area contributed by atoms with Gasteiger partial charge in [-0.3, -0.25) is 19.2 Å². The predicted molar refractivity (Wildman–Crippen MR) is 92.3 cm³/mol. The summed E-state index contributed by atoms with van der Waals surface area (Å²) in [4.78, 5) is 46.6. The first kappa shape index (κ1) is 20.6. The minimum absolute atomic E-state index is 0.0304. The van der Waals surface area contributed by atoms with Crippen LogP contribution in [0.5, 0.6) is 0 Å². The van der Waals surface area contributed by atoms with Crippen molar-refractivity contribution in [1.29, 1.82) is 0 Å². The van der Waals surface area contributed by atoms with Gasteiger partial charge in [0.15, 0.2) is 12.4 Å². The van der Waals surface area contributed by atoms with E-state index in [0.29, 0.717) is 17.1 Å². The summed E-state index contributed by atoms with van der Waals surface area (Å²) in [5.41, 5.74) is 0.450. The van der Waals surface area contributed by atoms with Crippen molar-refractivity contribution in [2.45, 2.75) is 32.7 Å². The van der Waals surface area contributed by atoms with E-state index in [2.05, 4.69) is 10.6 Å². The molecule has 0 spiro atoms. The second-order valence-corrected chi connectivity index (χ2v) is 5.71. The molecule has 2 amide bonds. The fraction of sp³-hybridized carbons (Fsp3) is 0.412. The molecule has 0 unspecified atom stereocenters. The van der Waals surface area contributed by atoms with E-state index in [0.717, 1.165) is 0 Å². The highest BCUT2D eigenvalue weighted by Crippen LogP contribution is 2.12. The van der Waals surface area contributed by atoms with Crippen molar-refractivity contribution < 1.29 is 23.9 Å². The van der Waals surface area contributed by atoms with Gasteiger partial charge in [0.2, 0.25) is 5.91 Å². The molecule has 0 aromatic heterocycles. The summed E-state index contributed by atoms with van der Waals surface area (Å²) in [6.07, 6.45) is -0.169. The Hall–Kier alpha value is -2.41. The van der Waals surface area contributed by atoms with Crippen molar-refractivity contribution in [2.75, 3.05) is 13.2 Å². The summed E-state index contributed by atoms with van der Waals surface area (Å²) in [7, 11) is 0. The molecule has 25 heavy (non-hydrogen) atoms. The van der Waals surface area contributed by atoms with Gasteiger partial charge in [0.1, 0.15) is 6.04 Å². The molecule has 1 atom stereocenters. The lowest BCUT2D eigenvalue weighted by Crippen LogP contribution is -2.46. The van der Waals surface area contributed by atoms with Gasteiger partial charge in [-0.1, -0.05) is 11.6 Å². The number of carbonyl (C=O) groups excluding carboxylic acids is 4. The van der Waals surface area contributed by atoms with Gasteiger partial charge < -0.3 is 15.4 Å². The van der Waals surface area contributed by atoms with Crippen molar-refractivity contribution >= 4 is 35.2 Å². The van der Waals surface area contributed by atoms with Crippen LogP contribution in [0.3, 0.4) is 0 Å². The summed E-state index contributed by atoms with van der Waals surface area (Å²) in [6.45, 7) is 3.24. The van der Waals surface area contributed by atoms with Crippen LogP contribution in [-0.2, 0) is 19.1 Å². The SMILES string of the molecule is CCNC(=O)[C@@H](C)NC(=O)COC(=O)CCC(=O)c1ccc(Cl)cc1. The minimum Gasteiger partial charge on any atom is -0.456 e. The first-order valence-electron chi connectivity index (χ1n) is 7.85. The van der Waals surface area contributed by atoms with Crippen molar-refractivity contribution in [3.8, 4) is 0 Å². The number of Topliss-reactive ketones (excluding diaryl/α,β-unsaturated/α-hetero) is 1. The van der Waals surface area contributed by atoms with Gasteiger partial charge in [0.25, 0.3) is 5.91 Å². The van der Waals surface area contributed by atoms with Gasteiger partial charge in [-0.25, -0.2) is 0 Å². The van der Waals surface area contributed by atoms with Gasteiger partial charge in [-0.15, -0.1) is 0 Å². The van der Waals surface area contributed by atoms with Crippen LogP contribution in [-0.4, -0.2) is 42.8 Å². The lowest BCUT2D eigenvalue weighted by Gasteiger charge is -2.13. The molecule has 7 nitrogen and oxygen atoms in total. The number of ketones is 1. The molecule has 0 saturated heterocycles. The maximum atomic E-state index is 11.9. The van der Waals surface area contributed by atoms with Crippen LogP contribution in [0.25, 0.3) is 0 Å². The van der Waals surface area contributed by atoms with Crippen molar-refractivity contribution in [3.05, 3.63) is 34.9 Å². The number of rotatable bonds is 9. The van der Waals surface area contributed by atoms with Gasteiger partial charge >= 0.3 is 5.97 Å². The standard InChI is InChI=1S/C17H21ClN2O5/c1-3-19-17(24)11(2)20-15(22)10-25-16(23)9-8-14(21)12-4-6-13(18)7-5-12/h4-7,11H,3,8-10H2,1-2H3,(H,19,24)(H,20,22)/t11-/m1/s1. The second-order valence-electron chi connectivity index (χ2n) is 5.27. The number of halogens is 1. The topological polar surface area (TPSA) is 102 Å². The van der Waals surface area contributed by atoms with E-state index in [4.69, 9.17) is 16.3 Å². The molecule has 1 aromatic rings. The van der Waals surface area contributed by atoms with Crippen molar-refractivity contribution in [2.24, 2.45) is 0 Å². The van der Waals surface area contributed by atoms with Crippen LogP contribution in [0.15, 0.2) is 24.3 Å². The third kappa shape index (κ3) is 7.80. The highest BCUT2D eigenvalue weighted by molar-refractivity contribution is 6.30. The van der Waals surface area contributed by atoms with Crippen LogP contribution < -0.4 is 10.6 Å². The van der Waals surface area contributed by atoms with Crippen LogP contribution >= 0.6 is 11.6 Å². The lowest BCUT2D eigenvalue weighted by atomic mass is 10.1. The molecule has 1 rings (SSSR count). The number of likely N-dealkylation sites (N-methyl/N-ethyl adjacent to an activating group) is 1. The van der Waals surface area contributed by atoms with E-state index in [9.17, 15) is 19.2 Å². The predicted octanol–water partition coefficient (Wildman–Crippen LogP) is 1.49. The third-order valence-corrected chi connectivity index (χ3v) is 3.46. The quantitative estimate of drug-likeness (QED) is 0.508. The van der Waals surface area contributed by atoms with E-state index >= 15 is 0 Å². The number of amides is 2. The second kappa shape index (κ2) is 10.5. The summed E-state index contributed by atoms with van der Waals surface area (Å²) >= 11 is 5.74. The number of nitrogens with one attached hydrogen (secondary N) is 2. The Morgan fingerprint density at radius 3 is 2.36 bits per heavy atom. The smallest absolute Gasteiger partial charge is 0.306 e. The highest BCUT2D eigenvalue weighted by Gasteiger charge is 2.16. The molecule has 0 radical (unpaired) electrons. The molecule has 8 heteroatoms. The molecule has 0 heterocycles.